The zero-order valence-corrected chi connectivity index (χ0v) is 14.7. The van der Waals surface area contributed by atoms with E-state index in [2.05, 4.69) is 25.8 Å². The van der Waals surface area contributed by atoms with Crippen molar-refractivity contribution in [1.82, 2.24) is 20.0 Å². The maximum atomic E-state index is 6.41. The summed E-state index contributed by atoms with van der Waals surface area (Å²) in [5, 5.41) is 17.4. The lowest BCUT2D eigenvalue weighted by atomic mass is 10.3. The predicted octanol–water partition coefficient (Wildman–Crippen LogP) is 4.38. The van der Waals surface area contributed by atoms with Crippen molar-refractivity contribution < 1.29 is 0 Å². The van der Waals surface area contributed by atoms with Gasteiger partial charge in [-0.1, -0.05) is 40.9 Å². The Balaban J connectivity index is 1.84. The van der Waals surface area contributed by atoms with Gasteiger partial charge in [-0.2, -0.15) is 10.2 Å². The molecular weight excluding hydrogens is 371 g/mol. The number of aryl methyl sites for hydroxylation is 1. The molecule has 24 heavy (non-hydrogen) atoms. The number of hydrogen-bond acceptors (Lipinski definition) is 5. The van der Waals surface area contributed by atoms with Gasteiger partial charge >= 0.3 is 0 Å². The summed E-state index contributed by atoms with van der Waals surface area (Å²) in [6.45, 7) is 1.84. The summed E-state index contributed by atoms with van der Waals surface area (Å²) >= 11 is 18.1. The average Bonchev–Trinajstić information content (AvgIpc) is 2.85. The van der Waals surface area contributed by atoms with Gasteiger partial charge in [0.05, 0.1) is 23.2 Å². The van der Waals surface area contributed by atoms with Crippen molar-refractivity contribution >= 4 is 46.8 Å². The molecule has 0 atom stereocenters. The highest BCUT2D eigenvalue weighted by Crippen LogP contribution is 2.23. The highest BCUT2D eigenvalue weighted by atomic mass is 35.5. The van der Waals surface area contributed by atoms with E-state index in [1.165, 1.54) is 0 Å². The van der Waals surface area contributed by atoms with E-state index in [1.54, 1.807) is 35.2 Å². The Hall–Kier alpha value is -2.15. The van der Waals surface area contributed by atoms with Gasteiger partial charge in [0.15, 0.2) is 11.0 Å². The summed E-state index contributed by atoms with van der Waals surface area (Å²) in [5.74, 6) is 0.464. The smallest absolute Gasteiger partial charge is 0.168 e. The maximum Gasteiger partial charge on any atom is 0.168 e. The van der Waals surface area contributed by atoms with E-state index in [1.807, 2.05) is 19.1 Å². The van der Waals surface area contributed by atoms with Crippen molar-refractivity contribution in [3.63, 3.8) is 0 Å². The first-order valence-corrected chi connectivity index (χ1v) is 7.97. The highest BCUT2D eigenvalue weighted by Gasteiger charge is 2.13. The number of nitrogens with zero attached hydrogens (tertiary/aromatic N) is 5. The van der Waals surface area contributed by atoms with E-state index in [0.717, 1.165) is 11.4 Å². The van der Waals surface area contributed by atoms with Crippen LogP contribution in [0, 0.1) is 6.92 Å². The molecule has 0 saturated heterocycles. The minimum absolute atomic E-state index is 0.311. The summed E-state index contributed by atoms with van der Waals surface area (Å²) in [6.07, 6.45) is 1.57. The van der Waals surface area contributed by atoms with Gasteiger partial charge in [-0.05, 0) is 37.3 Å². The van der Waals surface area contributed by atoms with Gasteiger partial charge < -0.3 is 0 Å². The zero-order chi connectivity index (χ0) is 17.1. The Bertz CT molecular complexity index is 889. The van der Waals surface area contributed by atoms with Crippen molar-refractivity contribution in [3.8, 4) is 5.69 Å². The molecule has 122 valence electrons. The van der Waals surface area contributed by atoms with Crippen molar-refractivity contribution in [1.29, 1.82) is 0 Å². The van der Waals surface area contributed by atoms with Crippen LogP contribution >= 0.6 is 34.8 Å². The first kappa shape index (κ1) is 16.7. The monoisotopic (exact) mass is 380 g/mol. The van der Waals surface area contributed by atoms with Crippen molar-refractivity contribution in [2.24, 2.45) is 5.10 Å². The number of hydrogen-bond donors (Lipinski definition) is 1. The molecule has 0 fully saturated rings. The molecule has 0 amide bonds. The largest absolute Gasteiger partial charge is 0.260 e. The third-order valence-electron chi connectivity index (χ3n) is 3.11. The third-order valence-corrected chi connectivity index (χ3v) is 3.91. The molecule has 0 radical (unpaired) electrons. The lowest BCUT2D eigenvalue weighted by Crippen LogP contribution is -1.97. The highest BCUT2D eigenvalue weighted by molar-refractivity contribution is 6.32. The molecule has 0 spiro atoms. The van der Waals surface area contributed by atoms with Crippen LogP contribution in [-0.4, -0.2) is 26.2 Å². The Labute approximate surface area is 153 Å². The molecule has 9 heteroatoms. The van der Waals surface area contributed by atoms with Gasteiger partial charge in [0, 0.05) is 5.02 Å². The fraction of sp³-hybridized carbons (Fsp3) is 0.0667. The molecule has 0 aliphatic rings. The second-order valence-corrected chi connectivity index (χ2v) is 5.97. The molecule has 0 aliphatic carbocycles. The van der Waals surface area contributed by atoms with E-state index in [4.69, 9.17) is 34.8 Å². The minimum Gasteiger partial charge on any atom is -0.260 e. The van der Waals surface area contributed by atoms with Crippen LogP contribution < -0.4 is 5.43 Å². The number of nitrogens with one attached hydrogen (secondary N) is 1. The van der Waals surface area contributed by atoms with E-state index in [-0.39, 0.29) is 0 Å². The number of hydrazone groups is 1. The molecule has 3 aromatic rings. The van der Waals surface area contributed by atoms with Crippen LogP contribution in [0.5, 0.6) is 0 Å². The molecule has 1 aromatic carbocycles. The quantitative estimate of drug-likeness (QED) is 0.538. The van der Waals surface area contributed by atoms with Gasteiger partial charge in [-0.15, -0.1) is 10.2 Å². The van der Waals surface area contributed by atoms with E-state index in [0.29, 0.717) is 26.7 Å². The normalized spacial score (nSPS) is 11.2. The summed E-state index contributed by atoms with van der Waals surface area (Å²) in [4.78, 5) is 0. The summed E-state index contributed by atoms with van der Waals surface area (Å²) < 4.78 is 1.60. The Morgan fingerprint density at radius 2 is 1.96 bits per heavy atom. The first-order chi connectivity index (χ1) is 11.5. The molecule has 2 aromatic heterocycles. The fourth-order valence-electron chi connectivity index (χ4n) is 1.98. The van der Waals surface area contributed by atoms with Gasteiger partial charge in [-0.3, -0.25) is 5.43 Å². The number of benzene rings is 1. The first-order valence-electron chi connectivity index (χ1n) is 6.84. The standard InChI is InChI=1S/C15H11Cl3N6/c1-9-12(8-19-21-14-6-5-13(17)20-22-14)15(18)24(23-9)11-4-2-3-10(16)7-11/h2-8H,1H3,(H,21,22)/b19-8+. The lowest BCUT2D eigenvalue weighted by Gasteiger charge is -2.03. The Morgan fingerprint density at radius 3 is 2.67 bits per heavy atom. The molecule has 0 aliphatic heterocycles. The number of halogens is 3. The second-order valence-electron chi connectivity index (χ2n) is 4.79. The van der Waals surface area contributed by atoms with Crippen molar-refractivity contribution in [2.45, 2.75) is 6.92 Å². The van der Waals surface area contributed by atoms with Crippen LogP contribution in [0.15, 0.2) is 41.5 Å². The van der Waals surface area contributed by atoms with Crippen LogP contribution in [0.25, 0.3) is 5.69 Å². The van der Waals surface area contributed by atoms with Crippen LogP contribution in [-0.2, 0) is 0 Å². The molecule has 2 heterocycles. The van der Waals surface area contributed by atoms with Gasteiger partial charge in [0.2, 0.25) is 0 Å². The third kappa shape index (κ3) is 3.67. The van der Waals surface area contributed by atoms with Gasteiger partial charge in [-0.25, -0.2) is 4.68 Å². The van der Waals surface area contributed by atoms with Gasteiger partial charge in [0.25, 0.3) is 0 Å². The van der Waals surface area contributed by atoms with E-state index in [9.17, 15) is 0 Å². The molecule has 3 rings (SSSR count). The topological polar surface area (TPSA) is 68.0 Å². The molecular formula is C15H11Cl3N6. The fourth-order valence-corrected chi connectivity index (χ4v) is 2.58. The number of rotatable bonds is 4. The zero-order valence-electron chi connectivity index (χ0n) is 12.4. The Kier molecular flexibility index (Phi) is 4.99. The van der Waals surface area contributed by atoms with Crippen LogP contribution in [0.4, 0.5) is 5.82 Å². The molecule has 0 bridgehead atoms. The minimum atomic E-state index is 0.311. The summed E-state index contributed by atoms with van der Waals surface area (Å²) in [5.41, 5.74) is 4.94. The van der Waals surface area contributed by atoms with Crippen molar-refractivity contribution in [3.05, 3.63) is 63.0 Å². The molecule has 6 nitrogen and oxygen atoms in total. The van der Waals surface area contributed by atoms with Crippen LogP contribution in [0.2, 0.25) is 15.3 Å². The SMILES string of the molecule is Cc1nn(-c2cccc(Cl)c2)c(Cl)c1/C=N/Nc1ccc(Cl)nn1. The Morgan fingerprint density at radius 1 is 1.12 bits per heavy atom. The van der Waals surface area contributed by atoms with E-state index >= 15 is 0 Å². The van der Waals surface area contributed by atoms with Gasteiger partial charge in [0.1, 0.15) is 5.15 Å². The number of aromatic nitrogens is 4. The predicted molar refractivity (Wildman–Crippen MR) is 96.6 cm³/mol. The number of anilines is 1. The summed E-state index contributed by atoms with van der Waals surface area (Å²) in [6, 6.07) is 10.5. The van der Waals surface area contributed by atoms with Crippen LogP contribution in [0.1, 0.15) is 11.3 Å². The average molecular weight is 382 g/mol. The van der Waals surface area contributed by atoms with Crippen molar-refractivity contribution in [2.75, 3.05) is 5.43 Å². The molecule has 1 N–H and O–H groups in total. The second kappa shape index (κ2) is 7.17. The lowest BCUT2D eigenvalue weighted by molar-refractivity contribution is 0.863. The van der Waals surface area contributed by atoms with Crippen LogP contribution in [0.3, 0.4) is 0 Å². The summed E-state index contributed by atoms with van der Waals surface area (Å²) in [7, 11) is 0. The molecule has 0 saturated carbocycles. The maximum absolute atomic E-state index is 6.41. The van der Waals surface area contributed by atoms with E-state index < -0.39 is 0 Å². The molecule has 0 unspecified atom stereocenters.